The van der Waals surface area contributed by atoms with Crippen molar-refractivity contribution < 1.29 is 0 Å². The lowest BCUT2D eigenvalue weighted by atomic mass is 9.95. The van der Waals surface area contributed by atoms with Gasteiger partial charge in [-0.05, 0) is 49.6 Å². The van der Waals surface area contributed by atoms with Crippen LogP contribution in [0.3, 0.4) is 0 Å². The zero-order valence-corrected chi connectivity index (χ0v) is 13.0. The fraction of sp³-hybridized carbons (Fsp3) is 0.211. The summed E-state index contributed by atoms with van der Waals surface area (Å²) < 4.78 is 0. The highest BCUT2D eigenvalue weighted by molar-refractivity contribution is 5.84. The maximum Gasteiger partial charge on any atom is 0.123 e. The van der Waals surface area contributed by atoms with E-state index in [1.54, 1.807) is 6.20 Å². The van der Waals surface area contributed by atoms with E-state index in [4.69, 9.17) is 5.73 Å². The molecular formula is C19H18N4. The average Bonchev–Trinajstić information content (AvgIpc) is 3.41. The first-order chi connectivity index (χ1) is 11.2. The van der Waals surface area contributed by atoms with E-state index in [1.165, 1.54) is 18.5 Å². The summed E-state index contributed by atoms with van der Waals surface area (Å²) in [6, 6.07) is 10.1. The molecule has 4 nitrogen and oxygen atoms in total. The standard InChI is InChI=1S/C19H18N4/c1-12-19(15-5-7-18(20)23-11-15)16(8-9-21-12)14-4-6-17(22-10-14)13-2-3-13/h4-11,13H,2-3H2,1H3,(H2,20,23). The number of nitrogens with zero attached hydrogens (tertiary/aromatic N) is 3. The molecule has 0 atom stereocenters. The molecule has 3 aromatic heterocycles. The number of rotatable bonds is 3. The highest BCUT2D eigenvalue weighted by atomic mass is 14.8. The van der Waals surface area contributed by atoms with Gasteiger partial charge in [0, 0.05) is 52.6 Å². The Morgan fingerprint density at radius 3 is 2.35 bits per heavy atom. The van der Waals surface area contributed by atoms with Crippen LogP contribution in [0, 0.1) is 6.92 Å². The maximum atomic E-state index is 5.71. The van der Waals surface area contributed by atoms with E-state index < -0.39 is 0 Å². The molecule has 0 saturated heterocycles. The topological polar surface area (TPSA) is 64.7 Å². The number of aromatic nitrogens is 3. The molecule has 0 unspecified atom stereocenters. The third kappa shape index (κ3) is 2.68. The van der Waals surface area contributed by atoms with Gasteiger partial charge in [0.25, 0.3) is 0 Å². The van der Waals surface area contributed by atoms with Gasteiger partial charge < -0.3 is 5.73 Å². The largest absolute Gasteiger partial charge is 0.384 e. The Kier molecular flexibility index (Phi) is 3.30. The molecular weight excluding hydrogens is 284 g/mol. The second kappa shape index (κ2) is 5.47. The number of nitrogens with two attached hydrogens (primary N) is 1. The van der Waals surface area contributed by atoms with Crippen molar-refractivity contribution in [1.29, 1.82) is 0 Å². The molecule has 1 saturated carbocycles. The van der Waals surface area contributed by atoms with Crippen LogP contribution in [0.4, 0.5) is 5.82 Å². The maximum absolute atomic E-state index is 5.71. The number of hydrogen-bond acceptors (Lipinski definition) is 4. The lowest BCUT2D eigenvalue weighted by Crippen LogP contribution is -1.95. The monoisotopic (exact) mass is 302 g/mol. The molecule has 1 fully saturated rings. The SMILES string of the molecule is Cc1nccc(-c2ccc(C3CC3)nc2)c1-c1ccc(N)nc1. The van der Waals surface area contributed by atoms with Crippen molar-refractivity contribution in [2.45, 2.75) is 25.7 Å². The summed E-state index contributed by atoms with van der Waals surface area (Å²) >= 11 is 0. The van der Waals surface area contributed by atoms with Gasteiger partial charge in [0.05, 0.1) is 0 Å². The van der Waals surface area contributed by atoms with Crippen LogP contribution in [0.15, 0.2) is 48.9 Å². The Hall–Kier alpha value is -2.75. The third-order valence-corrected chi connectivity index (χ3v) is 4.31. The normalized spacial score (nSPS) is 14.0. The van der Waals surface area contributed by atoms with Crippen LogP contribution in [-0.2, 0) is 0 Å². The van der Waals surface area contributed by atoms with Gasteiger partial charge in [0.1, 0.15) is 5.82 Å². The summed E-state index contributed by atoms with van der Waals surface area (Å²) in [5.74, 6) is 1.19. The van der Waals surface area contributed by atoms with Gasteiger partial charge in [0.2, 0.25) is 0 Å². The van der Waals surface area contributed by atoms with Crippen LogP contribution in [0.2, 0.25) is 0 Å². The van der Waals surface area contributed by atoms with Crippen LogP contribution in [0.25, 0.3) is 22.3 Å². The molecule has 0 radical (unpaired) electrons. The molecule has 2 N–H and O–H groups in total. The molecule has 1 aliphatic rings. The first-order valence-electron chi connectivity index (χ1n) is 7.86. The fourth-order valence-electron chi connectivity index (χ4n) is 2.91. The summed E-state index contributed by atoms with van der Waals surface area (Å²) in [6.45, 7) is 2.02. The Labute approximate surface area is 135 Å². The molecule has 0 aromatic carbocycles. The van der Waals surface area contributed by atoms with Gasteiger partial charge in [0.15, 0.2) is 0 Å². The Bertz CT molecular complexity index is 834. The van der Waals surface area contributed by atoms with E-state index in [-0.39, 0.29) is 0 Å². The van der Waals surface area contributed by atoms with Crippen molar-refractivity contribution >= 4 is 5.82 Å². The molecule has 0 spiro atoms. The van der Waals surface area contributed by atoms with Crippen LogP contribution >= 0.6 is 0 Å². The van der Waals surface area contributed by atoms with Crippen molar-refractivity contribution in [3.05, 3.63) is 60.3 Å². The lowest BCUT2D eigenvalue weighted by molar-refractivity contribution is 1.02. The Morgan fingerprint density at radius 2 is 1.70 bits per heavy atom. The van der Waals surface area contributed by atoms with E-state index in [2.05, 4.69) is 27.1 Å². The minimum atomic E-state index is 0.521. The molecule has 3 aromatic rings. The van der Waals surface area contributed by atoms with Crippen LogP contribution in [0.5, 0.6) is 0 Å². The predicted molar refractivity (Wildman–Crippen MR) is 91.8 cm³/mol. The molecule has 1 aliphatic carbocycles. The number of nitrogen functional groups attached to an aromatic ring is 1. The molecule has 3 heterocycles. The second-order valence-corrected chi connectivity index (χ2v) is 6.04. The first kappa shape index (κ1) is 13.9. The quantitative estimate of drug-likeness (QED) is 0.795. The molecule has 114 valence electrons. The van der Waals surface area contributed by atoms with E-state index >= 15 is 0 Å². The lowest BCUT2D eigenvalue weighted by Gasteiger charge is -2.12. The van der Waals surface area contributed by atoms with E-state index in [9.17, 15) is 0 Å². The molecule has 4 rings (SSSR count). The number of pyridine rings is 3. The van der Waals surface area contributed by atoms with Gasteiger partial charge in [-0.1, -0.05) is 6.07 Å². The zero-order valence-electron chi connectivity index (χ0n) is 13.0. The van der Waals surface area contributed by atoms with Crippen molar-refractivity contribution in [2.24, 2.45) is 0 Å². The summed E-state index contributed by atoms with van der Waals surface area (Å²) in [6.07, 6.45) is 8.14. The van der Waals surface area contributed by atoms with E-state index in [1.807, 2.05) is 37.5 Å². The van der Waals surface area contributed by atoms with Crippen molar-refractivity contribution in [3.8, 4) is 22.3 Å². The molecule has 0 aliphatic heterocycles. The third-order valence-electron chi connectivity index (χ3n) is 4.31. The first-order valence-corrected chi connectivity index (χ1v) is 7.86. The Balaban J connectivity index is 1.81. The predicted octanol–water partition coefficient (Wildman–Crippen LogP) is 3.97. The van der Waals surface area contributed by atoms with Gasteiger partial charge >= 0.3 is 0 Å². The molecule has 4 heteroatoms. The van der Waals surface area contributed by atoms with Gasteiger partial charge in [-0.3, -0.25) is 9.97 Å². The van der Waals surface area contributed by atoms with Crippen LogP contribution in [0.1, 0.15) is 30.1 Å². The van der Waals surface area contributed by atoms with Crippen molar-refractivity contribution in [1.82, 2.24) is 15.0 Å². The van der Waals surface area contributed by atoms with Crippen LogP contribution < -0.4 is 5.73 Å². The molecule has 23 heavy (non-hydrogen) atoms. The second-order valence-electron chi connectivity index (χ2n) is 6.04. The van der Waals surface area contributed by atoms with Gasteiger partial charge in [-0.15, -0.1) is 0 Å². The minimum Gasteiger partial charge on any atom is -0.384 e. The van der Waals surface area contributed by atoms with Gasteiger partial charge in [-0.2, -0.15) is 0 Å². The van der Waals surface area contributed by atoms with E-state index in [0.717, 1.165) is 27.9 Å². The van der Waals surface area contributed by atoms with Crippen molar-refractivity contribution in [2.75, 3.05) is 5.73 Å². The summed E-state index contributed by atoms with van der Waals surface area (Å²) in [7, 11) is 0. The average molecular weight is 302 g/mol. The van der Waals surface area contributed by atoms with Gasteiger partial charge in [-0.25, -0.2) is 4.98 Å². The summed E-state index contributed by atoms with van der Waals surface area (Å²) in [5, 5.41) is 0. The summed E-state index contributed by atoms with van der Waals surface area (Å²) in [4.78, 5) is 13.3. The molecule has 0 amide bonds. The van der Waals surface area contributed by atoms with E-state index in [0.29, 0.717) is 11.7 Å². The minimum absolute atomic E-state index is 0.521. The number of anilines is 1. The summed E-state index contributed by atoms with van der Waals surface area (Å²) in [5.41, 5.74) is 12.2. The zero-order chi connectivity index (χ0) is 15.8. The smallest absolute Gasteiger partial charge is 0.123 e. The highest BCUT2D eigenvalue weighted by Gasteiger charge is 2.24. The highest BCUT2D eigenvalue weighted by Crippen LogP contribution is 2.40. The van der Waals surface area contributed by atoms with Crippen LogP contribution in [-0.4, -0.2) is 15.0 Å². The Morgan fingerprint density at radius 1 is 0.913 bits per heavy atom. The number of aryl methyl sites for hydroxylation is 1. The fourth-order valence-corrected chi connectivity index (χ4v) is 2.91. The number of hydrogen-bond donors (Lipinski definition) is 1. The molecule has 0 bridgehead atoms. The van der Waals surface area contributed by atoms with Crippen molar-refractivity contribution in [3.63, 3.8) is 0 Å².